The maximum Gasteiger partial charge on any atom is 0.209 e. The smallest absolute Gasteiger partial charge is 0.209 e. The van der Waals surface area contributed by atoms with E-state index in [9.17, 15) is 4.79 Å². The molecule has 1 aromatic carbocycles. The van der Waals surface area contributed by atoms with Crippen molar-refractivity contribution in [1.29, 1.82) is 5.26 Å². The Balaban J connectivity index is 2.01. The number of rotatable bonds is 2. The van der Waals surface area contributed by atoms with Crippen LogP contribution in [0, 0.1) is 18.3 Å². The molecule has 94 valence electrons. The van der Waals surface area contributed by atoms with E-state index in [-0.39, 0.29) is 11.7 Å². The van der Waals surface area contributed by atoms with E-state index < -0.39 is 0 Å². The lowest BCUT2D eigenvalue weighted by molar-refractivity contribution is 0.103. The van der Waals surface area contributed by atoms with Gasteiger partial charge in [-0.1, -0.05) is 23.8 Å². The predicted molar refractivity (Wildman–Crippen MR) is 72.0 cm³/mol. The van der Waals surface area contributed by atoms with Gasteiger partial charge in [-0.3, -0.25) is 4.79 Å². The van der Waals surface area contributed by atoms with Crippen LogP contribution in [0.15, 0.2) is 36.4 Å². The molecule has 19 heavy (non-hydrogen) atoms. The summed E-state index contributed by atoms with van der Waals surface area (Å²) in [5.41, 5.74) is 3.45. The second-order valence-corrected chi connectivity index (χ2v) is 4.96. The average molecular weight is 250 g/mol. The summed E-state index contributed by atoms with van der Waals surface area (Å²) in [6.07, 6.45) is 0.806. The molecule has 1 aliphatic heterocycles. The largest absolute Gasteiger partial charge is 0.341 e. The molecule has 1 atom stereocenters. The van der Waals surface area contributed by atoms with Gasteiger partial charge in [0.2, 0.25) is 5.78 Å². The Kier molecular flexibility index (Phi) is 2.72. The number of hydrogen-bond donors (Lipinski definition) is 0. The Labute approximate surface area is 112 Å². The SMILES string of the molecule is Cc1cccc(C(=O)c2ccc3n2CCC3C#N)c1. The van der Waals surface area contributed by atoms with Gasteiger partial charge in [0.25, 0.3) is 0 Å². The Hall–Kier alpha value is -2.34. The number of aryl methyl sites for hydroxylation is 1. The lowest BCUT2D eigenvalue weighted by Crippen LogP contribution is -2.09. The van der Waals surface area contributed by atoms with Crippen LogP contribution in [0.3, 0.4) is 0 Å². The molecule has 0 bridgehead atoms. The average Bonchev–Trinajstić information content (AvgIpc) is 2.98. The van der Waals surface area contributed by atoms with Gasteiger partial charge < -0.3 is 4.57 Å². The minimum Gasteiger partial charge on any atom is -0.341 e. The summed E-state index contributed by atoms with van der Waals surface area (Å²) in [6, 6.07) is 13.6. The van der Waals surface area contributed by atoms with E-state index in [1.54, 1.807) is 0 Å². The number of fused-ring (bicyclic) bond motifs is 1. The fraction of sp³-hybridized carbons (Fsp3) is 0.250. The molecule has 1 aromatic heterocycles. The molecule has 2 aromatic rings. The van der Waals surface area contributed by atoms with Gasteiger partial charge in [0, 0.05) is 17.8 Å². The maximum atomic E-state index is 12.5. The van der Waals surface area contributed by atoms with Gasteiger partial charge in [0.05, 0.1) is 17.7 Å². The van der Waals surface area contributed by atoms with E-state index in [1.807, 2.05) is 47.9 Å². The second kappa shape index (κ2) is 4.40. The number of carbonyl (C=O) groups is 1. The number of nitriles is 1. The van der Waals surface area contributed by atoms with Crippen LogP contribution < -0.4 is 0 Å². The first kappa shape index (κ1) is 11.7. The Bertz CT molecular complexity index is 691. The van der Waals surface area contributed by atoms with E-state index in [4.69, 9.17) is 5.26 Å². The van der Waals surface area contributed by atoms with Gasteiger partial charge in [-0.2, -0.15) is 5.26 Å². The summed E-state index contributed by atoms with van der Waals surface area (Å²) in [5.74, 6) is -0.0346. The lowest BCUT2D eigenvalue weighted by Gasteiger charge is -2.06. The third kappa shape index (κ3) is 1.86. The quantitative estimate of drug-likeness (QED) is 0.769. The van der Waals surface area contributed by atoms with Crippen LogP contribution in [0.5, 0.6) is 0 Å². The van der Waals surface area contributed by atoms with Gasteiger partial charge in [0.15, 0.2) is 0 Å². The van der Waals surface area contributed by atoms with Gasteiger partial charge >= 0.3 is 0 Å². The van der Waals surface area contributed by atoms with Crippen molar-refractivity contribution in [2.45, 2.75) is 25.8 Å². The molecule has 0 aliphatic carbocycles. The van der Waals surface area contributed by atoms with Gasteiger partial charge in [-0.25, -0.2) is 0 Å². The van der Waals surface area contributed by atoms with Crippen molar-refractivity contribution in [2.24, 2.45) is 0 Å². The van der Waals surface area contributed by atoms with Crippen molar-refractivity contribution in [3.05, 3.63) is 58.9 Å². The summed E-state index contributed by atoms with van der Waals surface area (Å²) in [7, 11) is 0. The number of hydrogen-bond acceptors (Lipinski definition) is 2. The van der Waals surface area contributed by atoms with Crippen LogP contribution in [-0.4, -0.2) is 10.4 Å². The Morgan fingerprint density at radius 2 is 2.21 bits per heavy atom. The first-order valence-electron chi connectivity index (χ1n) is 6.41. The van der Waals surface area contributed by atoms with Crippen LogP contribution in [0.2, 0.25) is 0 Å². The zero-order valence-electron chi connectivity index (χ0n) is 10.8. The number of ketones is 1. The molecule has 0 saturated carbocycles. The maximum absolute atomic E-state index is 12.5. The van der Waals surface area contributed by atoms with Crippen LogP contribution in [-0.2, 0) is 6.54 Å². The van der Waals surface area contributed by atoms with Crippen LogP contribution in [0.4, 0.5) is 0 Å². The highest BCUT2D eigenvalue weighted by atomic mass is 16.1. The molecule has 3 nitrogen and oxygen atoms in total. The molecule has 0 fully saturated rings. The molecular formula is C16H14N2O. The van der Waals surface area contributed by atoms with E-state index >= 15 is 0 Å². The minimum absolute atomic E-state index is 0.0357. The number of benzene rings is 1. The first-order valence-corrected chi connectivity index (χ1v) is 6.41. The molecular weight excluding hydrogens is 236 g/mol. The monoisotopic (exact) mass is 250 g/mol. The van der Waals surface area contributed by atoms with Gasteiger partial charge in [-0.05, 0) is 31.5 Å². The van der Waals surface area contributed by atoms with Crippen molar-refractivity contribution in [2.75, 3.05) is 0 Å². The molecule has 0 spiro atoms. The third-order valence-corrected chi connectivity index (χ3v) is 3.68. The summed E-state index contributed by atoms with van der Waals surface area (Å²) in [5, 5.41) is 9.07. The van der Waals surface area contributed by atoms with Crippen LogP contribution >= 0.6 is 0 Å². The topological polar surface area (TPSA) is 45.8 Å². The molecule has 2 heterocycles. The van der Waals surface area contributed by atoms with Gasteiger partial charge in [-0.15, -0.1) is 0 Å². The second-order valence-electron chi connectivity index (χ2n) is 4.96. The van der Waals surface area contributed by atoms with Crippen molar-refractivity contribution in [3.8, 4) is 6.07 Å². The number of nitrogens with zero attached hydrogens (tertiary/aromatic N) is 2. The van der Waals surface area contributed by atoms with Crippen molar-refractivity contribution < 1.29 is 4.79 Å². The van der Waals surface area contributed by atoms with Crippen LogP contribution in [0.25, 0.3) is 0 Å². The first-order chi connectivity index (χ1) is 9.20. The van der Waals surface area contributed by atoms with Crippen molar-refractivity contribution >= 4 is 5.78 Å². The summed E-state index contributed by atoms with van der Waals surface area (Å²) < 4.78 is 1.98. The number of aromatic nitrogens is 1. The lowest BCUT2D eigenvalue weighted by atomic mass is 10.1. The molecule has 0 radical (unpaired) electrons. The zero-order chi connectivity index (χ0) is 13.4. The highest BCUT2D eigenvalue weighted by Gasteiger charge is 2.26. The molecule has 1 aliphatic rings. The van der Waals surface area contributed by atoms with E-state index in [0.29, 0.717) is 11.3 Å². The Morgan fingerprint density at radius 1 is 1.37 bits per heavy atom. The molecule has 1 unspecified atom stereocenters. The minimum atomic E-state index is -0.0703. The molecule has 0 N–H and O–H groups in total. The van der Waals surface area contributed by atoms with Crippen LogP contribution in [0.1, 0.15) is 39.6 Å². The fourth-order valence-electron chi connectivity index (χ4n) is 2.71. The number of carbonyl (C=O) groups excluding carboxylic acids is 1. The van der Waals surface area contributed by atoms with E-state index in [1.165, 1.54) is 0 Å². The predicted octanol–water partition coefficient (Wildman–Crippen LogP) is 3.04. The molecule has 0 saturated heterocycles. The summed E-state index contributed by atoms with van der Waals surface area (Å²) in [6.45, 7) is 2.73. The van der Waals surface area contributed by atoms with Crippen molar-refractivity contribution in [3.63, 3.8) is 0 Å². The highest BCUT2D eigenvalue weighted by molar-refractivity contribution is 6.08. The van der Waals surface area contributed by atoms with Crippen molar-refractivity contribution in [1.82, 2.24) is 4.57 Å². The highest BCUT2D eigenvalue weighted by Crippen LogP contribution is 2.30. The fourth-order valence-corrected chi connectivity index (χ4v) is 2.71. The summed E-state index contributed by atoms with van der Waals surface area (Å²) in [4.78, 5) is 12.5. The zero-order valence-corrected chi connectivity index (χ0v) is 10.8. The van der Waals surface area contributed by atoms with E-state index in [0.717, 1.165) is 24.2 Å². The summed E-state index contributed by atoms with van der Waals surface area (Å²) >= 11 is 0. The molecule has 3 heteroatoms. The normalized spacial score (nSPS) is 16.9. The Morgan fingerprint density at radius 3 is 2.95 bits per heavy atom. The van der Waals surface area contributed by atoms with E-state index in [2.05, 4.69) is 6.07 Å². The molecule has 3 rings (SSSR count). The molecule has 0 amide bonds. The standard InChI is InChI=1S/C16H14N2O/c1-11-3-2-4-12(9-11)16(19)15-6-5-14-13(10-17)7-8-18(14)15/h2-6,9,13H,7-8H2,1H3. The van der Waals surface area contributed by atoms with Gasteiger partial charge in [0.1, 0.15) is 0 Å². The third-order valence-electron chi connectivity index (χ3n) is 3.68.